The van der Waals surface area contributed by atoms with E-state index >= 15 is 0 Å². The molecule has 1 fully saturated rings. The molecule has 3 aromatic rings. The van der Waals surface area contributed by atoms with Crippen molar-refractivity contribution in [3.8, 4) is 0 Å². The van der Waals surface area contributed by atoms with E-state index in [1.165, 1.54) is 35.0 Å². The first kappa shape index (κ1) is 20.9. The third-order valence-electron chi connectivity index (χ3n) is 5.59. The summed E-state index contributed by atoms with van der Waals surface area (Å²) in [5, 5.41) is 7.53. The Morgan fingerprint density at radius 3 is 2.61 bits per heavy atom. The highest BCUT2D eigenvalue weighted by molar-refractivity contribution is 6.11. The van der Waals surface area contributed by atoms with Crippen LogP contribution in [0.1, 0.15) is 46.5 Å². The number of amides is 2. The number of aromatic nitrogens is 2. The van der Waals surface area contributed by atoms with Crippen LogP contribution in [0.15, 0.2) is 42.5 Å². The first-order chi connectivity index (χ1) is 14.7. The number of hydrogen-bond acceptors (Lipinski definition) is 3. The van der Waals surface area contributed by atoms with Crippen LogP contribution in [-0.2, 0) is 6.54 Å². The largest absolute Gasteiger partial charge is 0.366 e. The SMILES string of the molecule is NC(=O)c1cccc(NC(=O)c2c3ccc(F)cc3nn2CC2CCC(F)(F)CC2)c1. The van der Waals surface area contributed by atoms with Crippen LogP contribution >= 0.6 is 0 Å². The number of nitrogens with zero attached hydrogens (tertiary/aromatic N) is 2. The minimum Gasteiger partial charge on any atom is -0.366 e. The summed E-state index contributed by atoms with van der Waals surface area (Å²) in [6.45, 7) is 0.274. The van der Waals surface area contributed by atoms with Gasteiger partial charge in [-0.3, -0.25) is 14.3 Å². The molecule has 1 aliphatic rings. The second-order valence-corrected chi connectivity index (χ2v) is 7.89. The van der Waals surface area contributed by atoms with Gasteiger partial charge in [0.15, 0.2) is 0 Å². The van der Waals surface area contributed by atoms with Crippen molar-refractivity contribution in [2.24, 2.45) is 11.7 Å². The Morgan fingerprint density at radius 2 is 1.90 bits per heavy atom. The van der Waals surface area contributed by atoms with E-state index in [0.29, 0.717) is 29.4 Å². The van der Waals surface area contributed by atoms with Crippen molar-refractivity contribution in [1.82, 2.24) is 9.78 Å². The topological polar surface area (TPSA) is 90.0 Å². The molecular formula is C22H21F3N4O2. The quantitative estimate of drug-likeness (QED) is 0.631. The highest BCUT2D eigenvalue weighted by atomic mass is 19.3. The van der Waals surface area contributed by atoms with Gasteiger partial charge in [0.1, 0.15) is 11.5 Å². The number of nitrogens with two attached hydrogens (primary N) is 1. The standard InChI is InChI=1S/C22H21F3N4O2/c23-15-4-5-17-18(11-15)28-29(12-13-6-8-22(24,25)9-7-13)19(17)21(31)27-16-3-1-2-14(10-16)20(26)30/h1-5,10-11,13H,6-9,12H2,(H2,26,30)(H,27,31). The van der Waals surface area contributed by atoms with E-state index in [4.69, 9.17) is 5.73 Å². The number of benzene rings is 2. The fourth-order valence-electron chi connectivity index (χ4n) is 3.95. The maximum absolute atomic E-state index is 13.7. The zero-order valence-corrected chi connectivity index (χ0v) is 16.6. The van der Waals surface area contributed by atoms with E-state index in [1.807, 2.05) is 0 Å². The lowest BCUT2D eigenvalue weighted by molar-refractivity contribution is -0.0476. The average Bonchev–Trinajstić information content (AvgIpc) is 3.06. The molecule has 0 aliphatic heterocycles. The first-order valence-corrected chi connectivity index (χ1v) is 9.97. The lowest BCUT2D eigenvalue weighted by atomic mass is 9.87. The normalized spacial score (nSPS) is 16.4. The molecule has 6 nitrogen and oxygen atoms in total. The molecule has 0 atom stereocenters. The minimum absolute atomic E-state index is 0.0662. The van der Waals surface area contributed by atoms with Gasteiger partial charge in [-0.2, -0.15) is 5.10 Å². The summed E-state index contributed by atoms with van der Waals surface area (Å²) in [5.74, 6) is -4.34. The molecule has 31 heavy (non-hydrogen) atoms. The number of rotatable bonds is 5. The average molecular weight is 430 g/mol. The molecule has 3 N–H and O–H groups in total. The summed E-state index contributed by atoms with van der Waals surface area (Å²) in [7, 11) is 0. The highest BCUT2D eigenvalue weighted by Crippen LogP contribution is 2.37. The Balaban J connectivity index is 1.65. The van der Waals surface area contributed by atoms with Crippen molar-refractivity contribution < 1.29 is 22.8 Å². The fourth-order valence-corrected chi connectivity index (χ4v) is 3.95. The van der Waals surface area contributed by atoms with Gasteiger partial charge in [0, 0.05) is 42.1 Å². The zero-order valence-electron chi connectivity index (χ0n) is 16.6. The van der Waals surface area contributed by atoms with Gasteiger partial charge in [-0.15, -0.1) is 0 Å². The summed E-state index contributed by atoms with van der Waals surface area (Å²) in [5.41, 5.74) is 6.40. The summed E-state index contributed by atoms with van der Waals surface area (Å²) in [6, 6.07) is 10.1. The van der Waals surface area contributed by atoms with Crippen LogP contribution in [0, 0.1) is 11.7 Å². The second kappa shape index (κ2) is 8.05. The van der Waals surface area contributed by atoms with Crippen LogP contribution in [0.2, 0.25) is 0 Å². The van der Waals surface area contributed by atoms with E-state index in [2.05, 4.69) is 10.4 Å². The predicted octanol–water partition coefficient (Wildman–Crippen LogP) is 4.35. The Kier molecular flexibility index (Phi) is 5.43. The van der Waals surface area contributed by atoms with Crippen molar-refractivity contribution in [2.75, 3.05) is 5.32 Å². The van der Waals surface area contributed by atoms with Gasteiger partial charge < -0.3 is 11.1 Å². The number of carbonyl (C=O) groups excluding carboxylic acids is 2. The Hall–Kier alpha value is -3.36. The Bertz CT molecular complexity index is 1150. The molecule has 0 bridgehead atoms. The molecule has 162 valence electrons. The number of fused-ring (bicyclic) bond motifs is 1. The van der Waals surface area contributed by atoms with Gasteiger partial charge in [-0.05, 0) is 49.1 Å². The Morgan fingerprint density at radius 1 is 1.16 bits per heavy atom. The molecule has 2 aromatic carbocycles. The van der Waals surface area contributed by atoms with Crippen LogP contribution in [-0.4, -0.2) is 27.5 Å². The molecule has 1 saturated carbocycles. The molecule has 2 amide bonds. The number of anilines is 1. The van der Waals surface area contributed by atoms with Crippen LogP contribution in [0.3, 0.4) is 0 Å². The van der Waals surface area contributed by atoms with Gasteiger partial charge in [0.25, 0.3) is 5.91 Å². The second-order valence-electron chi connectivity index (χ2n) is 7.89. The number of primary amides is 1. The number of alkyl halides is 2. The van der Waals surface area contributed by atoms with Crippen molar-refractivity contribution in [3.63, 3.8) is 0 Å². The van der Waals surface area contributed by atoms with Crippen LogP contribution in [0.4, 0.5) is 18.9 Å². The smallest absolute Gasteiger partial charge is 0.274 e. The maximum Gasteiger partial charge on any atom is 0.274 e. The van der Waals surface area contributed by atoms with Gasteiger partial charge in [-0.1, -0.05) is 6.07 Å². The summed E-state index contributed by atoms with van der Waals surface area (Å²) < 4.78 is 42.2. The van der Waals surface area contributed by atoms with Crippen molar-refractivity contribution in [3.05, 3.63) is 59.5 Å². The monoisotopic (exact) mass is 430 g/mol. The van der Waals surface area contributed by atoms with Crippen molar-refractivity contribution >= 4 is 28.4 Å². The molecule has 0 saturated heterocycles. The predicted molar refractivity (Wildman–Crippen MR) is 110 cm³/mol. The zero-order chi connectivity index (χ0) is 22.2. The number of halogens is 3. The lowest BCUT2D eigenvalue weighted by Crippen LogP contribution is -2.28. The van der Waals surface area contributed by atoms with E-state index in [-0.39, 0.29) is 36.6 Å². The lowest BCUT2D eigenvalue weighted by Gasteiger charge is -2.28. The van der Waals surface area contributed by atoms with Crippen LogP contribution < -0.4 is 11.1 Å². The van der Waals surface area contributed by atoms with E-state index in [9.17, 15) is 22.8 Å². The maximum atomic E-state index is 13.7. The molecule has 9 heteroatoms. The number of hydrogen-bond donors (Lipinski definition) is 2. The summed E-state index contributed by atoms with van der Waals surface area (Å²) in [6.07, 6.45) is 0.238. The van der Waals surface area contributed by atoms with Crippen LogP contribution in [0.25, 0.3) is 10.9 Å². The Labute approximate surface area is 176 Å². The van der Waals surface area contributed by atoms with Gasteiger partial charge in [0.05, 0.1) is 5.52 Å². The summed E-state index contributed by atoms with van der Waals surface area (Å²) >= 11 is 0. The third kappa shape index (κ3) is 4.55. The van der Waals surface area contributed by atoms with Crippen LogP contribution in [0.5, 0.6) is 0 Å². The van der Waals surface area contributed by atoms with E-state index < -0.39 is 23.6 Å². The number of nitrogens with one attached hydrogen (secondary N) is 1. The van der Waals surface area contributed by atoms with Crippen molar-refractivity contribution in [1.29, 1.82) is 0 Å². The van der Waals surface area contributed by atoms with E-state index in [0.717, 1.165) is 0 Å². The molecule has 0 unspecified atom stereocenters. The molecule has 1 aromatic heterocycles. The molecule has 1 aliphatic carbocycles. The molecule has 1 heterocycles. The molecule has 0 radical (unpaired) electrons. The van der Waals surface area contributed by atoms with Gasteiger partial charge in [-0.25, -0.2) is 13.2 Å². The van der Waals surface area contributed by atoms with Crippen molar-refractivity contribution in [2.45, 2.75) is 38.2 Å². The number of carbonyl (C=O) groups is 2. The third-order valence-corrected chi connectivity index (χ3v) is 5.59. The van der Waals surface area contributed by atoms with Gasteiger partial charge in [0.2, 0.25) is 11.8 Å². The molecule has 0 spiro atoms. The minimum atomic E-state index is -2.65. The summed E-state index contributed by atoms with van der Waals surface area (Å²) in [4.78, 5) is 24.5. The highest BCUT2D eigenvalue weighted by Gasteiger charge is 2.35. The molecule has 4 rings (SSSR count). The first-order valence-electron chi connectivity index (χ1n) is 9.97. The fraction of sp³-hybridized carbons (Fsp3) is 0.318. The van der Waals surface area contributed by atoms with E-state index in [1.54, 1.807) is 12.1 Å². The van der Waals surface area contributed by atoms with Gasteiger partial charge >= 0.3 is 0 Å². The molecular weight excluding hydrogens is 409 g/mol.